The topological polar surface area (TPSA) is 67.8 Å². The molecule has 0 heterocycles. The number of carboxylic acids is 1. The number of benzene rings is 3. The van der Waals surface area contributed by atoms with Gasteiger partial charge in [-0.1, -0.05) is 18.2 Å². The van der Waals surface area contributed by atoms with Crippen LogP contribution in [0.1, 0.15) is 27.0 Å². The number of halogens is 2. The quantitative estimate of drug-likeness (QED) is 0.432. The molecule has 2 N–H and O–H groups in total. The number of ether oxygens (including phenoxy) is 2. The zero-order chi connectivity index (χ0) is 21.7. The Kier molecular flexibility index (Phi) is 6.95. The molecule has 0 saturated heterocycles. The van der Waals surface area contributed by atoms with Gasteiger partial charge in [-0.15, -0.1) is 0 Å². The van der Waals surface area contributed by atoms with Gasteiger partial charge in [-0.05, 0) is 75.9 Å². The molecular weight excluding hydrogens is 453 g/mol. The van der Waals surface area contributed by atoms with Crippen LogP contribution in [-0.4, -0.2) is 18.2 Å². The van der Waals surface area contributed by atoms with Crippen LogP contribution in [0.3, 0.4) is 0 Å². The van der Waals surface area contributed by atoms with Gasteiger partial charge in [-0.2, -0.15) is 0 Å². The summed E-state index contributed by atoms with van der Waals surface area (Å²) in [5.41, 5.74) is 3.46. The molecule has 5 nitrogen and oxygen atoms in total. The van der Waals surface area contributed by atoms with Crippen LogP contribution >= 0.6 is 15.9 Å². The number of carbonyl (C=O) groups is 1. The molecule has 0 saturated carbocycles. The van der Waals surface area contributed by atoms with Gasteiger partial charge >= 0.3 is 5.97 Å². The van der Waals surface area contributed by atoms with Crippen molar-refractivity contribution in [3.8, 4) is 11.5 Å². The minimum Gasteiger partial charge on any atom is -0.493 e. The molecule has 0 amide bonds. The molecule has 3 rings (SSSR count). The number of aromatic carboxylic acids is 1. The molecule has 30 heavy (non-hydrogen) atoms. The number of hydrogen-bond acceptors (Lipinski definition) is 4. The van der Waals surface area contributed by atoms with Gasteiger partial charge in [0.1, 0.15) is 12.4 Å². The minimum atomic E-state index is -0.955. The maximum atomic E-state index is 13.1. The lowest BCUT2D eigenvalue weighted by molar-refractivity contribution is 0.0696. The summed E-state index contributed by atoms with van der Waals surface area (Å²) in [6.07, 6.45) is 0. The SMILES string of the molecule is COc1cc(CNc2cccc(C(=O)O)c2C)cc(Br)c1OCc1ccc(F)cc1. The van der Waals surface area contributed by atoms with Crippen LogP contribution in [0.4, 0.5) is 10.1 Å². The van der Waals surface area contributed by atoms with Crippen LogP contribution in [-0.2, 0) is 13.2 Å². The Morgan fingerprint density at radius 3 is 2.53 bits per heavy atom. The lowest BCUT2D eigenvalue weighted by atomic mass is 10.1. The third-order valence-electron chi connectivity index (χ3n) is 4.63. The largest absolute Gasteiger partial charge is 0.493 e. The van der Waals surface area contributed by atoms with Gasteiger partial charge < -0.3 is 19.9 Å². The summed E-state index contributed by atoms with van der Waals surface area (Å²) in [5.74, 6) is -0.143. The molecule has 0 aliphatic carbocycles. The van der Waals surface area contributed by atoms with Crippen molar-refractivity contribution in [2.75, 3.05) is 12.4 Å². The van der Waals surface area contributed by atoms with Crippen LogP contribution < -0.4 is 14.8 Å². The molecule has 156 valence electrons. The van der Waals surface area contributed by atoms with E-state index in [2.05, 4.69) is 21.2 Å². The summed E-state index contributed by atoms with van der Waals surface area (Å²) >= 11 is 3.52. The van der Waals surface area contributed by atoms with Gasteiger partial charge in [0.15, 0.2) is 11.5 Å². The van der Waals surface area contributed by atoms with Crippen molar-refractivity contribution < 1.29 is 23.8 Å². The fourth-order valence-electron chi connectivity index (χ4n) is 3.01. The average molecular weight is 474 g/mol. The molecule has 3 aromatic rings. The first kappa shape index (κ1) is 21.6. The van der Waals surface area contributed by atoms with E-state index in [1.807, 2.05) is 18.2 Å². The Bertz CT molecular complexity index is 1050. The lowest BCUT2D eigenvalue weighted by Crippen LogP contribution is -2.06. The molecule has 0 aliphatic heterocycles. The van der Waals surface area contributed by atoms with Crippen molar-refractivity contribution >= 4 is 27.6 Å². The number of nitrogens with one attached hydrogen (secondary N) is 1. The van der Waals surface area contributed by atoms with Crippen molar-refractivity contribution in [1.82, 2.24) is 0 Å². The maximum Gasteiger partial charge on any atom is 0.336 e. The van der Waals surface area contributed by atoms with Crippen molar-refractivity contribution in [2.45, 2.75) is 20.1 Å². The highest BCUT2D eigenvalue weighted by Crippen LogP contribution is 2.37. The molecule has 7 heteroatoms. The zero-order valence-electron chi connectivity index (χ0n) is 16.5. The van der Waals surface area contributed by atoms with Crippen LogP contribution in [0, 0.1) is 12.7 Å². The van der Waals surface area contributed by atoms with E-state index in [9.17, 15) is 14.3 Å². The fraction of sp³-hybridized carbons (Fsp3) is 0.174. The maximum absolute atomic E-state index is 13.1. The Morgan fingerprint density at radius 1 is 1.13 bits per heavy atom. The van der Waals surface area contributed by atoms with Gasteiger partial charge in [-0.3, -0.25) is 0 Å². The summed E-state index contributed by atoms with van der Waals surface area (Å²) in [5, 5.41) is 12.5. The zero-order valence-corrected chi connectivity index (χ0v) is 18.1. The molecule has 0 atom stereocenters. The standard InChI is InChI=1S/C23H21BrFNO4/c1-14-18(23(27)28)4-3-5-20(14)26-12-16-10-19(24)22(21(11-16)29-2)30-13-15-6-8-17(25)9-7-15/h3-11,26H,12-13H2,1-2H3,(H,27,28). The second-order valence-electron chi connectivity index (χ2n) is 6.66. The molecule has 0 unspecified atom stereocenters. The van der Waals surface area contributed by atoms with Crippen LogP contribution in [0.25, 0.3) is 0 Å². The van der Waals surface area contributed by atoms with Crippen molar-refractivity contribution in [1.29, 1.82) is 0 Å². The highest BCUT2D eigenvalue weighted by molar-refractivity contribution is 9.10. The van der Waals surface area contributed by atoms with E-state index in [4.69, 9.17) is 9.47 Å². The number of rotatable bonds is 8. The summed E-state index contributed by atoms with van der Waals surface area (Å²) < 4.78 is 25.1. The minimum absolute atomic E-state index is 0.267. The van der Waals surface area contributed by atoms with E-state index in [0.717, 1.165) is 21.3 Å². The van der Waals surface area contributed by atoms with E-state index in [1.165, 1.54) is 12.1 Å². The molecule has 0 radical (unpaired) electrons. The number of carboxylic acid groups (broad SMARTS) is 1. The normalized spacial score (nSPS) is 10.5. The Hall–Kier alpha value is -3.06. The summed E-state index contributed by atoms with van der Waals surface area (Å²) in [6.45, 7) is 2.51. The molecule has 0 bridgehead atoms. The first-order chi connectivity index (χ1) is 14.4. The van der Waals surface area contributed by atoms with Crippen LogP contribution in [0.15, 0.2) is 59.1 Å². The molecule has 0 spiro atoms. The second kappa shape index (κ2) is 9.63. The van der Waals surface area contributed by atoms with Crippen molar-refractivity contribution in [2.24, 2.45) is 0 Å². The average Bonchev–Trinajstić information content (AvgIpc) is 2.72. The van der Waals surface area contributed by atoms with Gasteiger partial charge in [0.25, 0.3) is 0 Å². The van der Waals surface area contributed by atoms with Gasteiger partial charge in [0.2, 0.25) is 0 Å². The van der Waals surface area contributed by atoms with E-state index < -0.39 is 5.97 Å². The van der Waals surface area contributed by atoms with Crippen LogP contribution in [0.2, 0.25) is 0 Å². The Morgan fingerprint density at radius 2 is 1.87 bits per heavy atom. The number of hydrogen-bond donors (Lipinski definition) is 2. The molecule has 0 aliphatic rings. The highest BCUT2D eigenvalue weighted by atomic mass is 79.9. The van der Waals surface area contributed by atoms with Gasteiger partial charge in [0, 0.05) is 12.2 Å². The van der Waals surface area contributed by atoms with Crippen molar-refractivity contribution in [3.63, 3.8) is 0 Å². The lowest BCUT2D eigenvalue weighted by Gasteiger charge is -2.16. The summed E-state index contributed by atoms with van der Waals surface area (Å²) in [7, 11) is 1.56. The first-order valence-corrected chi connectivity index (χ1v) is 9.98. The fourth-order valence-corrected chi connectivity index (χ4v) is 3.61. The first-order valence-electron chi connectivity index (χ1n) is 9.19. The van der Waals surface area contributed by atoms with Gasteiger partial charge in [0.05, 0.1) is 17.1 Å². The highest BCUT2D eigenvalue weighted by Gasteiger charge is 2.14. The van der Waals surface area contributed by atoms with E-state index in [-0.39, 0.29) is 18.0 Å². The molecule has 3 aromatic carbocycles. The molecule has 0 aromatic heterocycles. The number of methoxy groups -OCH3 is 1. The monoisotopic (exact) mass is 473 g/mol. The van der Waals surface area contributed by atoms with E-state index in [0.29, 0.717) is 23.6 Å². The molecule has 0 fully saturated rings. The van der Waals surface area contributed by atoms with Crippen LogP contribution in [0.5, 0.6) is 11.5 Å². The third-order valence-corrected chi connectivity index (χ3v) is 5.22. The smallest absolute Gasteiger partial charge is 0.336 e. The Balaban J connectivity index is 1.74. The van der Waals surface area contributed by atoms with E-state index in [1.54, 1.807) is 38.3 Å². The summed E-state index contributed by atoms with van der Waals surface area (Å²) in [4.78, 5) is 11.3. The van der Waals surface area contributed by atoms with Crippen molar-refractivity contribution in [3.05, 3.63) is 87.1 Å². The second-order valence-corrected chi connectivity index (χ2v) is 7.52. The van der Waals surface area contributed by atoms with Gasteiger partial charge in [-0.25, -0.2) is 9.18 Å². The molecular formula is C23H21BrFNO4. The van der Waals surface area contributed by atoms with E-state index >= 15 is 0 Å². The summed E-state index contributed by atoms with van der Waals surface area (Å²) in [6, 6.07) is 15.0. The third kappa shape index (κ3) is 5.10. The number of anilines is 1. The Labute approximate surface area is 182 Å². The predicted molar refractivity (Wildman–Crippen MR) is 117 cm³/mol. The predicted octanol–water partition coefficient (Wildman–Crippen LogP) is 5.79.